The zero-order valence-corrected chi connectivity index (χ0v) is 12.3. The molecule has 6 heteroatoms. The molecule has 0 fully saturated rings. The molecule has 0 aliphatic heterocycles. The predicted octanol–water partition coefficient (Wildman–Crippen LogP) is 0.585. The number of methoxy groups -OCH3 is 1. The van der Waals surface area contributed by atoms with E-state index in [4.69, 9.17) is 15.2 Å². The van der Waals surface area contributed by atoms with Crippen molar-refractivity contribution in [2.45, 2.75) is 0 Å². The first-order valence-corrected chi connectivity index (χ1v) is 6.48. The second kappa shape index (κ2) is 8.39. The minimum absolute atomic E-state index is 0.167. The fraction of sp³-hybridized carbons (Fsp3) is 0.500. The van der Waals surface area contributed by atoms with Gasteiger partial charge in [-0.3, -0.25) is 4.79 Å². The van der Waals surface area contributed by atoms with Gasteiger partial charge < -0.3 is 25.4 Å². The van der Waals surface area contributed by atoms with Crippen molar-refractivity contribution in [1.82, 2.24) is 10.2 Å². The summed E-state index contributed by atoms with van der Waals surface area (Å²) in [4.78, 5) is 13.9. The third kappa shape index (κ3) is 5.46. The minimum Gasteiger partial charge on any atom is -0.490 e. The molecule has 0 unspecified atom stereocenters. The second-order valence-electron chi connectivity index (χ2n) is 4.65. The summed E-state index contributed by atoms with van der Waals surface area (Å²) in [5, 5.41) is 2.75. The Labute approximate surface area is 119 Å². The number of nitrogens with one attached hydrogen (secondary N) is 1. The molecule has 0 heterocycles. The van der Waals surface area contributed by atoms with Gasteiger partial charge in [-0.1, -0.05) is 0 Å². The Hall–Kier alpha value is -1.79. The third-order valence-electron chi connectivity index (χ3n) is 2.66. The maximum Gasteiger partial charge on any atom is 0.251 e. The van der Waals surface area contributed by atoms with Crippen molar-refractivity contribution in [3.05, 3.63) is 23.8 Å². The summed E-state index contributed by atoms with van der Waals surface area (Å²) < 4.78 is 10.5. The van der Waals surface area contributed by atoms with Crippen LogP contribution >= 0.6 is 0 Å². The van der Waals surface area contributed by atoms with E-state index in [0.29, 0.717) is 36.8 Å². The van der Waals surface area contributed by atoms with Gasteiger partial charge in [0.15, 0.2) is 0 Å². The lowest BCUT2D eigenvalue weighted by Crippen LogP contribution is -2.27. The quantitative estimate of drug-likeness (QED) is 0.538. The normalized spacial score (nSPS) is 10.6. The van der Waals surface area contributed by atoms with Crippen molar-refractivity contribution >= 4 is 11.6 Å². The van der Waals surface area contributed by atoms with Gasteiger partial charge in [0, 0.05) is 25.8 Å². The lowest BCUT2D eigenvalue weighted by molar-refractivity contribution is 0.0936. The zero-order valence-electron chi connectivity index (χ0n) is 12.3. The highest BCUT2D eigenvalue weighted by Crippen LogP contribution is 2.22. The van der Waals surface area contributed by atoms with Crippen LogP contribution in [-0.2, 0) is 4.74 Å². The number of hydrogen-bond donors (Lipinski definition) is 2. The van der Waals surface area contributed by atoms with E-state index in [1.165, 1.54) is 0 Å². The molecule has 3 N–H and O–H groups in total. The van der Waals surface area contributed by atoms with E-state index < -0.39 is 0 Å². The molecule has 1 amide bonds. The second-order valence-corrected chi connectivity index (χ2v) is 4.65. The molecule has 6 nitrogen and oxygen atoms in total. The summed E-state index contributed by atoms with van der Waals surface area (Å²) in [6, 6.07) is 5.01. The summed E-state index contributed by atoms with van der Waals surface area (Å²) in [7, 11) is 5.52. The highest BCUT2D eigenvalue weighted by molar-refractivity contribution is 5.95. The molecule has 0 bridgehead atoms. The number of likely N-dealkylation sites (N-methyl/N-ethyl adjacent to an activating group) is 1. The van der Waals surface area contributed by atoms with Crippen molar-refractivity contribution in [3.8, 4) is 5.75 Å². The number of ether oxygens (including phenoxy) is 2. The Balaban J connectivity index is 2.62. The van der Waals surface area contributed by atoms with Gasteiger partial charge in [-0.05, 0) is 32.3 Å². The number of amides is 1. The van der Waals surface area contributed by atoms with E-state index in [1.807, 2.05) is 19.0 Å². The minimum atomic E-state index is -0.167. The van der Waals surface area contributed by atoms with E-state index in [-0.39, 0.29) is 5.91 Å². The summed E-state index contributed by atoms with van der Waals surface area (Å²) in [5.74, 6) is 0.366. The van der Waals surface area contributed by atoms with Crippen LogP contribution in [0, 0.1) is 0 Å². The van der Waals surface area contributed by atoms with Crippen molar-refractivity contribution in [2.75, 3.05) is 53.2 Å². The number of nitrogen functional groups attached to an aromatic ring is 1. The SMILES string of the molecule is COCCNC(=O)c1ccc(N)c(OCCN(C)C)c1. The number of nitrogens with two attached hydrogens (primary N) is 1. The van der Waals surface area contributed by atoms with Crippen molar-refractivity contribution in [2.24, 2.45) is 0 Å². The molecular weight excluding hydrogens is 258 g/mol. The Morgan fingerprint density at radius 2 is 2.10 bits per heavy atom. The molecule has 0 saturated carbocycles. The standard InChI is InChI=1S/C14H23N3O3/c1-17(2)7-9-20-13-10-11(4-5-12(13)15)14(18)16-6-8-19-3/h4-5,10H,6-9,15H2,1-3H3,(H,16,18). The molecule has 0 atom stereocenters. The van der Waals surface area contributed by atoms with Gasteiger partial charge in [0.25, 0.3) is 5.91 Å². The Morgan fingerprint density at radius 3 is 2.75 bits per heavy atom. The fourth-order valence-electron chi connectivity index (χ4n) is 1.51. The number of anilines is 1. The number of nitrogens with zero attached hydrogens (tertiary/aromatic N) is 1. The lowest BCUT2D eigenvalue weighted by atomic mass is 10.2. The van der Waals surface area contributed by atoms with Crippen molar-refractivity contribution in [1.29, 1.82) is 0 Å². The van der Waals surface area contributed by atoms with Gasteiger partial charge in [0.1, 0.15) is 12.4 Å². The fourth-order valence-corrected chi connectivity index (χ4v) is 1.51. The monoisotopic (exact) mass is 281 g/mol. The van der Waals surface area contributed by atoms with Gasteiger partial charge in [0.05, 0.1) is 12.3 Å². The van der Waals surface area contributed by atoms with Crippen LogP contribution in [0.15, 0.2) is 18.2 Å². The van der Waals surface area contributed by atoms with Gasteiger partial charge in [0.2, 0.25) is 0 Å². The van der Waals surface area contributed by atoms with Gasteiger partial charge >= 0.3 is 0 Å². The van der Waals surface area contributed by atoms with Crippen LogP contribution in [0.2, 0.25) is 0 Å². The molecule has 1 rings (SSSR count). The van der Waals surface area contributed by atoms with E-state index in [2.05, 4.69) is 5.32 Å². The average Bonchev–Trinajstić information content (AvgIpc) is 2.40. The smallest absolute Gasteiger partial charge is 0.251 e. The first kappa shape index (κ1) is 16.3. The third-order valence-corrected chi connectivity index (χ3v) is 2.66. The number of benzene rings is 1. The largest absolute Gasteiger partial charge is 0.490 e. The number of carbonyl (C=O) groups excluding carboxylic acids is 1. The molecule has 1 aromatic carbocycles. The van der Waals surface area contributed by atoms with E-state index in [1.54, 1.807) is 25.3 Å². The molecule has 20 heavy (non-hydrogen) atoms. The molecule has 0 radical (unpaired) electrons. The van der Waals surface area contributed by atoms with Gasteiger partial charge in [-0.25, -0.2) is 0 Å². The summed E-state index contributed by atoms with van der Waals surface area (Å²) in [6.45, 7) is 2.25. The molecule has 1 aromatic rings. The molecule has 0 saturated heterocycles. The predicted molar refractivity (Wildman–Crippen MR) is 79.1 cm³/mol. The molecule has 0 aliphatic rings. The maximum absolute atomic E-state index is 11.9. The molecule has 0 aliphatic carbocycles. The summed E-state index contributed by atoms with van der Waals surface area (Å²) >= 11 is 0. The van der Waals surface area contributed by atoms with Crippen LogP contribution in [0.5, 0.6) is 5.75 Å². The molecule has 112 valence electrons. The average molecular weight is 281 g/mol. The van der Waals surface area contributed by atoms with Crippen LogP contribution in [0.1, 0.15) is 10.4 Å². The van der Waals surface area contributed by atoms with Gasteiger partial charge in [-0.15, -0.1) is 0 Å². The topological polar surface area (TPSA) is 76.8 Å². The first-order chi connectivity index (χ1) is 9.54. The van der Waals surface area contributed by atoms with Crippen LogP contribution in [0.3, 0.4) is 0 Å². The Bertz CT molecular complexity index is 436. The van der Waals surface area contributed by atoms with Crippen molar-refractivity contribution < 1.29 is 14.3 Å². The Kier molecular flexibility index (Phi) is 6.83. The lowest BCUT2D eigenvalue weighted by Gasteiger charge is -2.13. The van der Waals surface area contributed by atoms with Crippen molar-refractivity contribution in [3.63, 3.8) is 0 Å². The summed E-state index contributed by atoms with van der Waals surface area (Å²) in [6.07, 6.45) is 0. The van der Waals surface area contributed by atoms with Crippen LogP contribution in [0.4, 0.5) is 5.69 Å². The number of hydrogen-bond acceptors (Lipinski definition) is 5. The van der Waals surface area contributed by atoms with E-state index in [9.17, 15) is 4.79 Å². The summed E-state index contributed by atoms with van der Waals surface area (Å²) in [5.41, 5.74) is 6.89. The van der Waals surface area contributed by atoms with Crippen LogP contribution in [-0.4, -0.2) is 58.3 Å². The highest BCUT2D eigenvalue weighted by Gasteiger charge is 2.09. The van der Waals surface area contributed by atoms with Crippen LogP contribution in [0.25, 0.3) is 0 Å². The zero-order chi connectivity index (χ0) is 15.0. The van der Waals surface area contributed by atoms with Gasteiger partial charge in [-0.2, -0.15) is 0 Å². The highest BCUT2D eigenvalue weighted by atomic mass is 16.5. The number of carbonyl (C=O) groups is 1. The van der Waals surface area contributed by atoms with E-state index >= 15 is 0 Å². The van der Waals surface area contributed by atoms with E-state index in [0.717, 1.165) is 6.54 Å². The Morgan fingerprint density at radius 1 is 1.35 bits per heavy atom. The molecular formula is C14H23N3O3. The van der Waals surface area contributed by atoms with Crippen LogP contribution < -0.4 is 15.8 Å². The molecule has 0 aromatic heterocycles. The maximum atomic E-state index is 11.9. The first-order valence-electron chi connectivity index (χ1n) is 6.48. The number of rotatable bonds is 8. The molecule has 0 spiro atoms.